The fourth-order valence-electron chi connectivity index (χ4n) is 2.50. The predicted octanol–water partition coefficient (Wildman–Crippen LogP) is 3.33. The van der Waals surface area contributed by atoms with Gasteiger partial charge in [0.25, 0.3) is 5.91 Å². The molecule has 0 aliphatic heterocycles. The lowest BCUT2D eigenvalue weighted by atomic mass is 9.98. The van der Waals surface area contributed by atoms with E-state index in [0.717, 1.165) is 0 Å². The van der Waals surface area contributed by atoms with Crippen molar-refractivity contribution in [1.29, 1.82) is 0 Å². The van der Waals surface area contributed by atoms with E-state index in [4.69, 9.17) is 22.1 Å². The van der Waals surface area contributed by atoms with Gasteiger partial charge in [-0.15, -0.1) is 0 Å². The quantitative estimate of drug-likeness (QED) is 0.661. The number of hydrogen-bond acceptors (Lipinski definition) is 4. The highest BCUT2D eigenvalue weighted by atomic mass is 35.5. The molecule has 0 aliphatic carbocycles. The molecule has 3 N–H and O–H groups in total. The van der Waals surface area contributed by atoms with Crippen molar-refractivity contribution < 1.29 is 19.1 Å². The largest absolute Gasteiger partial charge is 0.459 e. The van der Waals surface area contributed by atoms with E-state index in [0.29, 0.717) is 28.1 Å². The maximum Gasteiger partial charge on any atom is 0.329 e. The lowest BCUT2D eigenvalue weighted by Gasteiger charge is -2.23. The van der Waals surface area contributed by atoms with Crippen LogP contribution in [0.25, 0.3) is 0 Å². The van der Waals surface area contributed by atoms with E-state index in [1.165, 1.54) is 0 Å². The SMILES string of the molecule is CC[C@H](C)[C@H](NC(=O)c1ccc(Cl)cc1)C(=O)OCc1ccc(C(N)=O)cc1. The maximum atomic E-state index is 12.6. The zero-order valence-electron chi connectivity index (χ0n) is 15.8. The number of carbonyl (C=O) groups is 3. The van der Waals surface area contributed by atoms with Gasteiger partial charge in [-0.3, -0.25) is 9.59 Å². The van der Waals surface area contributed by atoms with E-state index < -0.39 is 17.9 Å². The van der Waals surface area contributed by atoms with Gasteiger partial charge in [-0.25, -0.2) is 4.79 Å². The number of nitrogens with two attached hydrogens (primary N) is 1. The molecule has 0 bridgehead atoms. The van der Waals surface area contributed by atoms with Crippen molar-refractivity contribution in [3.8, 4) is 0 Å². The van der Waals surface area contributed by atoms with Gasteiger partial charge in [0, 0.05) is 16.1 Å². The Morgan fingerprint density at radius 1 is 1.04 bits per heavy atom. The molecule has 0 heterocycles. The molecule has 28 heavy (non-hydrogen) atoms. The number of halogens is 1. The molecule has 0 spiro atoms. The molecule has 0 aliphatic rings. The third-order valence-electron chi connectivity index (χ3n) is 4.48. The number of rotatable bonds is 8. The van der Waals surface area contributed by atoms with Gasteiger partial charge in [0.05, 0.1) is 0 Å². The highest BCUT2D eigenvalue weighted by Crippen LogP contribution is 2.14. The van der Waals surface area contributed by atoms with Crippen LogP contribution in [0.1, 0.15) is 46.5 Å². The van der Waals surface area contributed by atoms with Crippen LogP contribution in [0.3, 0.4) is 0 Å². The van der Waals surface area contributed by atoms with Gasteiger partial charge >= 0.3 is 5.97 Å². The Morgan fingerprint density at radius 3 is 2.14 bits per heavy atom. The number of carbonyl (C=O) groups excluding carboxylic acids is 3. The minimum atomic E-state index is -0.780. The minimum Gasteiger partial charge on any atom is -0.459 e. The van der Waals surface area contributed by atoms with Crippen molar-refractivity contribution in [3.63, 3.8) is 0 Å². The summed E-state index contributed by atoms with van der Waals surface area (Å²) in [7, 11) is 0. The standard InChI is InChI=1S/C21H23ClN2O4/c1-3-13(2)18(24-20(26)16-8-10-17(22)11-9-16)21(27)28-12-14-4-6-15(7-5-14)19(23)25/h4-11,13,18H,3,12H2,1-2H3,(H2,23,25)(H,24,26)/t13-,18-/m0/s1. The summed E-state index contributed by atoms with van der Waals surface area (Å²) in [5.74, 6) is -1.52. The summed E-state index contributed by atoms with van der Waals surface area (Å²) in [4.78, 5) is 36.1. The number of hydrogen-bond donors (Lipinski definition) is 2. The highest BCUT2D eigenvalue weighted by molar-refractivity contribution is 6.30. The van der Waals surface area contributed by atoms with E-state index in [1.54, 1.807) is 48.5 Å². The van der Waals surface area contributed by atoms with Crippen LogP contribution in [-0.2, 0) is 16.1 Å². The molecule has 6 nitrogen and oxygen atoms in total. The van der Waals surface area contributed by atoms with Crippen molar-refractivity contribution in [1.82, 2.24) is 5.32 Å². The van der Waals surface area contributed by atoms with E-state index in [1.807, 2.05) is 13.8 Å². The molecule has 0 aromatic heterocycles. The van der Waals surface area contributed by atoms with Crippen LogP contribution in [0, 0.1) is 5.92 Å². The molecule has 2 atom stereocenters. The van der Waals surface area contributed by atoms with E-state index in [-0.39, 0.29) is 18.4 Å². The summed E-state index contributed by atoms with van der Waals surface area (Å²) in [6, 6.07) is 12.1. The van der Waals surface area contributed by atoms with Crippen molar-refractivity contribution in [2.24, 2.45) is 11.7 Å². The Labute approximate surface area is 169 Å². The molecular formula is C21H23ClN2O4. The van der Waals surface area contributed by atoms with Gasteiger partial charge in [-0.05, 0) is 47.9 Å². The molecular weight excluding hydrogens is 380 g/mol. The second kappa shape index (κ2) is 9.90. The van der Waals surface area contributed by atoms with Gasteiger partial charge in [-0.2, -0.15) is 0 Å². The van der Waals surface area contributed by atoms with Crippen LogP contribution in [-0.4, -0.2) is 23.8 Å². The predicted molar refractivity (Wildman–Crippen MR) is 107 cm³/mol. The average molecular weight is 403 g/mol. The first-order valence-corrected chi connectivity index (χ1v) is 9.31. The van der Waals surface area contributed by atoms with Gasteiger partial charge in [0.1, 0.15) is 12.6 Å². The summed E-state index contributed by atoms with van der Waals surface area (Å²) in [6.45, 7) is 3.83. The third kappa shape index (κ3) is 5.82. The zero-order chi connectivity index (χ0) is 20.7. The van der Waals surface area contributed by atoms with Gasteiger partial charge in [0.15, 0.2) is 0 Å². The molecule has 0 unspecified atom stereocenters. The molecule has 148 valence electrons. The van der Waals surface area contributed by atoms with Gasteiger partial charge in [0.2, 0.25) is 5.91 Å². The average Bonchev–Trinajstić information content (AvgIpc) is 2.70. The van der Waals surface area contributed by atoms with Gasteiger partial charge < -0.3 is 15.8 Å². The van der Waals surface area contributed by atoms with E-state index in [9.17, 15) is 14.4 Å². The van der Waals surface area contributed by atoms with Gasteiger partial charge in [-0.1, -0.05) is 44.0 Å². The van der Waals surface area contributed by atoms with Crippen LogP contribution in [0.2, 0.25) is 5.02 Å². The highest BCUT2D eigenvalue weighted by Gasteiger charge is 2.27. The van der Waals surface area contributed by atoms with Crippen LogP contribution < -0.4 is 11.1 Å². The summed E-state index contributed by atoms with van der Waals surface area (Å²) in [6.07, 6.45) is 0.688. The Kier molecular flexibility index (Phi) is 7.58. The van der Waals surface area contributed by atoms with E-state index in [2.05, 4.69) is 5.32 Å². The molecule has 7 heteroatoms. The minimum absolute atomic E-state index is 0.0294. The lowest BCUT2D eigenvalue weighted by molar-refractivity contribution is -0.148. The van der Waals surface area contributed by atoms with Crippen LogP contribution >= 0.6 is 11.6 Å². The lowest BCUT2D eigenvalue weighted by Crippen LogP contribution is -2.45. The Morgan fingerprint density at radius 2 is 1.61 bits per heavy atom. The molecule has 0 radical (unpaired) electrons. The maximum absolute atomic E-state index is 12.6. The number of benzene rings is 2. The molecule has 2 rings (SSSR count). The zero-order valence-corrected chi connectivity index (χ0v) is 16.5. The number of nitrogens with one attached hydrogen (secondary N) is 1. The monoisotopic (exact) mass is 402 g/mol. The smallest absolute Gasteiger partial charge is 0.329 e. The second-order valence-electron chi connectivity index (χ2n) is 6.51. The summed E-state index contributed by atoms with van der Waals surface area (Å²) < 4.78 is 5.38. The van der Waals surface area contributed by atoms with Crippen molar-refractivity contribution in [2.45, 2.75) is 32.9 Å². The Bertz CT molecular complexity index is 834. The summed E-state index contributed by atoms with van der Waals surface area (Å²) in [5.41, 5.74) is 6.71. The van der Waals surface area contributed by atoms with Crippen molar-refractivity contribution >= 4 is 29.4 Å². The fraction of sp³-hybridized carbons (Fsp3) is 0.286. The van der Waals surface area contributed by atoms with Crippen LogP contribution in [0.4, 0.5) is 0 Å². The summed E-state index contributed by atoms with van der Waals surface area (Å²) >= 11 is 5.84. The molecule has 2 aromatic carbocycles. The number of esters is 1. The topological polar surface area (TPSA) is 98.5 Å². The molecule has 2 amide bonds. The molecule has 0 saturated heterocycles. The first-order chi connectivity index (χ1) is 13.3. The first-order valence-electron chi connectivity index (χ1n) is 8.93. The second-order valence-corrected chi connectivity index (χ2v) is 6.95. The van der Waals surface area contributed by atoms with E-state index >= 15 is 0 Å². The normalized spacial score (nSPS) is 12.7. The molecule has 0 fully saturated rings. The van der Waals surface area contributed by atoms with Crippen LogP contribution in [0.15, 0.2) is 48.5 Å². The van der Waals surface area contributed by atoms with Crippen molar-refractivity contribution in [3.05, 3.63) is 70.2 Å². The van der Waals surface area contributed by atoms with Crippen LogP contribution in [0.5, 0.6) is 0 Å². The first kappa shape index (κ1) is 21.4. The Hall–Kier alpha value is -2.86. The summed E-state index contributed by atoms with van der Waals surface area (Å²) in [5, 5.41) is 3.27. The van der Waals surface area contributed by atoms with Crippen molar-refractivity contribution in [2.75, 3.05) is 0 Å². The Balaban J connectivity index is 2.03. The molecule has 0 saturated carbocycles. The number of amides is 2. The number of primary amides is 1. The fourth-order valence-corrected chi connectivity index (χ4v) is 2.63. The molecule has 2 aromatic rings. The third-order valence-corrected chi connectivity index (χ3v) is 4.73. The number of ether oxygens (including phenoxy) is 1.